The number of methoxy groups -OCH3 is 1. The molecule has 4 rings (SSSR count). The molecule has 1 atom stereocenters. The molecule has 0 radical (unpaired) electrons. The first-order valence-electron chi connectivity index (χ1n) is 8.67. The minimum absolute atomic E-state index is 0.00758. The number of nitrogens with zero attached hydrogens (tertiary/aromatic N) is 4. The van der Waals surface area contributed by atoms with Crippen LogP contribution in [-0.4, -0.2) is 39.3 Å². The first-order chi connectivity index (χ1) is 13.1. The van der Waals surface area contributed by atoms with Gasteiger partial charge >= 0.3 is 0 Å². The highest BCUT2D eigenvalue weighted by atomic mass is 35.5. The lowest BCUT2D eigenvalue weighted by molar-refractivity contribution is 0.274. The molecule has 2 aromatic carbocycles. The molecule has 0 amide bonds. The van der Waals surface area contributed by atoms with Gasteiger partial charge < -0.3 is 9.84 Å². The van der Waals surface area contributed by atoms with Gasteiger partial charge in [-0.15, -0.1) is 10.2 Å². The fourth-order valence-electron chi connectivity index (χ4n) is 3.36. The first-order valence-corrected chi connectivity index (χ1v) is 9.05. The van der Waals surface area contributed by atoms with Crippen LogP contribution in [0.5, 0.6) is 5.75 Å². The fourth-order valence-corrected chi connectivity index (χ4v) is 3.48. The molecule has 1 unspecified atom stereocenters. The number of rotatable bonds is 4. The maximum atomic E-state index is 9.57. The summed E-state index contributed by atoms with van der Waals surface area (Å²) in [5, 5.41) is 18.8. The lowest BCUT2D eigenvalue weighted by Crippen LogP contribution is -2.08. The van der Waals surface area contributed by atoms with Crippen molar-refractivity contribution in [2.75, 3.05) is 13.7 Å². The molecular weight excluding hydrogens is 364 g/mol. The van der Waals surface area contributed by atoms with Gasteiger partial charge in [0.1, 0.15) is 17.6 Å². The van der Waals surface area contributed by atoms with Crippen LogP contribution in [0.2, 0.25) is 5.02 Å². The lowest BCUT2D eigenvalue weighted by atomic mass is 10.00. The summed E-state index contributed by atoms with van der Waals surface area (Å²) in [5.41, 5.74) is 3.60. The van der Waals surface area contributed by atoms with Crippen molar-refractivity contribution < 1.29 is 9.84 Å². The molecule has 138 valence electrons. The van der Waals surface area contributed by atoms with E-state index in [0.29, 0.717) is 11.4 Å². The van der Waals surface area contributed by atoms with Crippen LogP contribution < -0.4 is 4.74 Å². The third-order valence-corrected chi connectivity index (χ3v) is 4.90. The maximum absolute atomic E-state index is 9.57. The number of benzene rings is 2. The minimum Gasteiger partial charge on any atom is -0.497 e. The Morgan fingerprint density at radius 2 is 1.93 bits per heavy atom. The van der Waals surface area contributed by atoms with E-state index in [1.165, 1.54) is 0 Å². The van der Waals surface area contributed by atoms with Crippen molar-refractivity contribution in [3.63, 3.8) is 0 Å². The number of ether oxygens (including phenoxy) is 1. The molecule has 1 aromatic heterocycles. The highest BCUT2D eigenvalue weighted by Gasteiger charge is 2.28. The molecule has 1 aliphatic rings. The van der Waals surface area contributed by atoms with Gasteiger partial charge in [0.2, 0.25) is 0 Å². The van der Waals surface area contributed by atoms with E-state index in [2.05, 4.69) is 10.2 Å². The Bertz CT molecular complexity index is 1010. The smallest absolute Gasteiger partial charge is 0.162 e. The van der Waals surface area contributed by atoms with Crippen molar-refractivity contribution in [3.8, 4) is 11.4 Å². The van der Waals surface area contributed by atoms with Crippen LogP contribution in [0.4, 0.5) is 0 Å². The van der Waals surface area contributed by atoms with Crippen molar-refractivity contribution in [3.05, 3.63) is 70.3 Å². The van der Waals surface area contributed by atoms with E-state index in [1.54, 1.807) is 7.11 Å². The van der Waals surface area contributed by atoms with Crippen LogP contribution in [0.15, 0.2) is 47.5 Å². The Morgan fingerprint density at radius 3 is 2.63 bits per heavy atom. The van der Waals surface area contributed by atoms with Gasteiger partial charge in [0.15, 0.2) is 5.82 Å². The minimum atomic E-state index is -0.305. The highest BCUT2D eigenvalue weighted by molar-refractivity contribution is 6.30. The summed E-state index contributed by atoms with van der Waals surface area (Å²) in [6.45, 7) is 1.92. The summed E-state index contributed by atoms with van der Waals surface area (Å²) in [5.74, 6) is 2.23. The number of hydrogen-bond donors (Lipinski definition) is 1. The second-order valence-corrected chi connectivity index (χ2v) is 6.77. The number of aryl methyl sites for hydroxylation is 1. The molecular formula is C20H19ClN4O2. The molecule has 3 aromatic rings. The number of aliphatic imine (C=N–C) groups is 1. The van der Waals surface area contributed by atoms with Crippen LogP contribution >= 0.6 is 11.6 Å². The Hall–Kier alpha value is -2.70. The number of halogens is 1. The van der Waals surface area contributed by atoms with Gasteiger partial charge in [-0.2, -0.15) is 0 Å². The Balaban J connectivity index is 2.01. The summed E-state index contributed by atoms with van der Waals surface area (Å²) in [7, 11) is 1.64. The molecule has 1 aliphatic heterocycles. The average molecular weight is 383 g/mol. The van der Waals surface area contributed by atoms with Crippen molar-refractivity contribution in [2.45, 2.75) is 19.4 Å². The molecule has 27 heavy (non-hydrogen) atoms. The monoisotopic (exact) mass is 382 g/mol. The molecule has 0 aliphatic carbocycles. The molecule has 0 saturated heterocycles. The lowest BCUT2D eigenvalue weighted by Gasteiger charge is -2.14. The summed E-state index contributed by atoms with van der Waals surface area (Å²) < 4.78 is 7.44. The van der Waals surface area contributed by atoms with E-state index in [-0.39, 0.29) is 12.6 Å². The number of aliphatic hydroxyl groups excluding tert-OH is 1. The van der Waals surface area contributed by atoms with E-state index in [9.17, 15) is 5.11 Å². The maximum Gasteiger partial charge on any atom is 0.162 e. The second kappa shape index (κ2) is 7.13. The molecule has 0 fully saturated rings. The van der Waals surface area contributed by atoms with Gasteiger partial charge in [0, 0.05) is 29.2 Å². The van der Waals surface area contributed by atoms with Crippen molar-refractivity contribution >= 4 is 17.3 Å². The van der Waals surface area contributed by atoms with E-state index in [1.807, 2.05) is 54.0 Å². The second-order valence-electron chi connectivity index (χ2n) is 6.34. The zero-order valence-electron chi connectivity index (χ0n) is 15.1. The summed E-state index contributed by atoms with van der Waals surface area (Å²) in [6, 6.07) is 13.1. The van der Waals surface area contributed by atoms with Gasteiger partial charge in [0.25, 0.3) is 0 Å². The van der Waals surface area contributed by atoms with Crippen LogP contribution in [0, 0.1) is 6.92 Å². The molecule has 0 bridgehead atoms. The van der Waals surface area contributed by atoms with Gasteiger partial charge in [0.05, 0.1) is 18.5 Å². The quantitative estimate of drug-likeness (QED) is 0.749. The van der Waals surface area contributed by atoms with Crippen LogP contribution in [0.25, 0.3) is 5.69 Å². The molecule has 7 heteroatoms. The van der Waals surface area contributed by atoms with Crippen molar-refractivity contribution in [2.24, 2.45) is 4.99 Å². The average Bonchev–Trinajstić information content (AvgIpc) is 3.00. The van der Waals surface area contributed by atoms with Crippen molar-refractivity contribution in [1.29, 1.82) is 0 Å². The Morgan fingerprint density at radius 1 is 1.15 bits per heavy atom. The molecule has 6 nitrogen and oxygen atoms in total. The topological polar surface area (TPSA) is 72.5 Å². The third kappa shape index (κ3) is 3.11. The third-order valence-electron chi connectivity index (χ3n) is 4.65. The van der Waals surface area contributed by atoms with Crippen LogP contribution in [-0.2, 0) is 0 Å². The van der Waals surface area contributed by atoms with Gasteiger partial charge in [-0.1, -0.05) is 23.7 Å². The predicted molar refractivity (Wildman–Crippen MR) is 104 cm³/mol. The number of hydrogen-bond acceptors (Lipinski definition) is 5. The largest absolute Gasteiger partial charge is 0.497 e. The Labute approximate surface area is 162 Å². The summed E-state index contributed by atoms with van der Waals surface area (Å²) in [6.07, 6.45) is 0.459. The van der Waals surface area contributed by atoms with Crippen molar-refractivity contribution in [1.82, 2.24) is 14.8 Å². The zero-order valence-corrected chi connectivity index (χ0v) is 15.8. The van der Waals surface area contributed by atoms with E-state index >= 15 is 0 Å². The molecule has 0 spiro atoms. The SMILES string of the molecule is COc1ccc2c(c1)C(c1ccc(Cl)cc1)=NC(CCO)c1nnc(C)n1-2. The fraction of sp³-hybridized carbons (Fsp3) is 0.250. The number of aliphatic hydroxyl groups is 1. The van der Waals surface area contributed by atoms with Crippen LogP contribution in [0.1, 0.15) is 35.2 Å². The normalized spacial score (nSPS) is 15.6. The summed E-state index contributed by atoms with van der Waals surface area (Å²) in [4.78, 5) is 4.97. The standard InChI is InChI=1S/C20H19ClN4O2/c1-12-23-24-20-17(9-10-26)22-19(13-3-5-14(21)6-4-13)16-11-15(27-2)7-8-18(16)25(12)20/h3-8,11,17,26H,9-10H2,1-2H3. The first kappa shape index (κ1) is 17.7. The predicted octanol–water partition coefficient (Wildman–Crippen LogP) is 3.51. The molecule has 0 saturated carbocycles. The van der Waals surface area contributed by atoms with E-state index in [4.69, 9.17) is 21.3 Å². The molecule has 2 heterocycles. The van der Waals surface area contributed by atoms with E-state index < -0.39 is 0 Å². The van der Waals surface area contributed by atoms with Crippen LogP contribution in [0.3, 0.4) is 0 Å². The van der Waals surface area contributed by atoms with Gasteiger partial charge in [-0.05, 0) is 37.3 Å². The highest BCUT2D eigenvalue weighted by Crippen LogP contribution is 2.34. The van der Waals surface area contributed by atoms with E-state index in [0.717, 1.165) is 39.9 Å². The number of aromatic nitrogens is 3. The van der Waals surface area contributed by atoms with Gasteiger partial charge in [-0.3, -0.25) is 9.56 Å². The molecule has 1 N–H and O–H groups in total. The Kier molecular flexibility index (Phi) is 4.68. The summed E-state index contributed by atoms with van der Waals surface area (Å²) >= 11 is 6.07. The zero-order chi connectivity index (χ0) is 19.0. The number of fused-ring (bicyclic) bond motifs is 3. The van der Waals surface area contributed by atoms with Gasteiger partial charge in [-0.25, -0.2) is 0 Å².